The van der Waals surface area contributed by atoms with Crippen molar-refractivity contribution in [3.63, 3.8) is 0 Å². The summed E-state index contributed by atoms with van der Waals surface area (Å²) in [6, 6.07) is 0. The quantitative estimate of drug-likeness (QED) is 0.0621. The molecule has 0 saturated carbocycles. The number of carbonyl (C=O) groups is 20. The fraction of sp³-hybridized carbons (Fsp3) is 0.444. The molecule has 0 aliphatic rings. The summed E-state index contributed by atoms with van der Waals surface area (Å²) in [5.41, 5.74) is -10.9. The normalized spacial score (nSPS) is 10.4. The monoisotopic (exact) mass is 954 g/mol. The third kappa shape index (κ3) is 12.6. The molecule has 0 spiro atoms. The first-order chi connectivity index (χ1) is 26.7. The zero-order chi connectivity index (χ0) is 49.5. The van der Waals surface area contributed by atoms with Gasteiger partial charge >= 0.3 is 19.5 Å². The van der Waals surface area contributed by atoms with Gasteiger partial charge in [0.25, 0.3) is 0 Å². The molecular weight excluding hydrogens is 917 g/mol. The number of carboxylic acids is 4. The standard InChI is InChI=1S/4C9H10O6.Ru/c4*1-4(10)9(5(2)11,6(3)12)7(13)8(14)15;/h4*1-3H3,(H,14,15);/q;;;;+4/p-4. The van der Waals surface area contributed by atoms with Crippen LogP contribution < -0.4 is 20.4 Å². The molecule has 0 heterocycles. The average Bonchev–Trinajstić information content (AvgIpc) is 3.04. The maximum Gasteiger partial charge on any atom is 4.00 e. The van der Waals surface area contributed by atoms with Gasteiger partial charge in [-0.3, -0.25) is 76.7 Å². The Balaban J connectivity index is -0.000000227. The minimum Gasteiger partial charge on any atom is -0.542 e. The van der Waals surface area contributed by atoms with Crippen LogP contribution in [0.4, 0.5) is 0 Å². The summed E-state index contributed by atoms with van der Waals surface area (Å²) in [6.45, 7) is 9.71. The summed E-state index contributed by atoms with van der Waals surface area (Å²) >= 11 is 0. The van der Waals surface area contributed by atoms with E-state index in [1.807, 2.05) is 0 Å². The van der Waals surface area contributed by atoms with Crippen LogP contribution in [-0.2, 0) is 115 Å². The molecule has 0 unspecified atom stereocenters. The Morgan fingerprint density at radius 2 is 0.279 bits per heavy atom. The molecule has 0 fully saturated rings. The first kappa shape index (κ1) is 63.4. The molecule has 0 aromatic rings. The van der Waals surface area contributed by atoms with Gasteiger partial charge in [-0.05, 0) is 83.1 Å². The van der Waals surface area contributed by atoms with Gasteiger partial charge in [0.1, 0.15) is 23.9 Å². The summed E-state index contributed by atoms with van der Waals surface area (Å²) in [4.78, 5) is 220. The predicted molar refractivity (Wildman–Crippen MR) is 178 cm³/mol. The van der Waals surface area contributed by atoms with Crippen LogP contribution >= 0.6 is 0 Å². The smallest absolute Gasteiger partial charge is 0.542 e. The molecule has 0 aliphatic carbocycles. The summed E-state index contributed by atoms with van der Waals surface area (Å²) in [5.74, 6) is -29.5. The van der Waals surface area contributed by atoms with Crippen LogP contribution in [0.3, 0.4) is 0 Å². The second-order valence-electron chi connectivity index (χ2n) is 12.1. The molecule has 0 bridgehead atoms. The Morgan fingerprint density at radius 1 is 0.213 bits per heavy atom. The fourth-order valence-corrected chi connectivity index (χ4v) is 5.51. The number of carbonyl (C=O) groups excluding carboxylic acids is 20. The van der Waals surface area contributed by atoms with Gasteiger partial charge in [0.05, 0.1) is 0 Å². The minimum atomic E-state index is -2.74. The molecule has 0 saturated heterocycles. The Labute approximate surface area is 356 Å². The van der Waals surface area contributed by atoms with E-state index in [2.05, 4.69) is 0 Å². The van der Waals surface area contributed by atoms with Crippen molar-refractivity contribution in [3.05, 3.63) is 0 Å². The third-order valence-corrected chi connectivity index (χ3v) is 8.44. The van der Waals surface area contributed by atoms with Crippen LogP contribution in [0, 0.1) is 21.7 Å². The molecule has 0 atom stereocenters. The van der Waals surface area contributed by atoms with Gasteiger partial charge in [-0.15, -0.1) is 0 Å². The van der Waals surface area contributed by atoms with Crippen molar-refractivity contribution in [2.75, 3.05) is 0 Å². The van der Waals surface area contributed by atoms with E-state index < -0.39 is 138 Å². The van der Waals surface area contributed by atoms with Crippen molar-refractivity contribution in [2.45, 2.75) is 83.1 Å². The maximum absolute atomic E-state index is 11.2. The van der Waals surface area contributed by atoms with Crippen molar-refractivity contribution in [3.8, 4) is 0 Å². The summed E-state index contributed by atoms with van der Waals surface area (Å²) in [5, 5.41) is 41.4. The molecule has 24 nitrogen and oxygen atoms in total. The van der Waals surface area contributed by atoms with E-state index in [1.165, 1.54) is 0 Å². The van der Waals surface area contributed by atoms with Crippen LogP contribution in [0.5, 0.6) is 0 Å². The molecule has 0 rings (SSSR count). The van der Waals surface area contributed by atoms with E-state index >= 15 is 0 Å². The topological polar surface area (TPSA) is 434 Å². The van der Waals surface area contributed by atoms with Gasteiger partial charge in [-0.1, -0.05) is 0 Å². The van der Waals surface area contributed by atoms with Gasteiger partial charge in [0.15, 0.2) is 69.4 Å². The fourth-order valence-electron chi connectivity index (χ4n) is 5.51. The van der Waals surface area contributed by atoms with E-state index in [0.29, 0.717) is 0 Å². The largest absolute Gasteiger partial charge is 4.00 e. The second-order valence-corrected chi connectivity index (χ2v) is 12.1. The maximum atomic E-state index is 11.2. The summed E-state index contributed by atoms with van der Waals surface area (Å²) in [6.07, 6.45) is 0. The first-order valence-electron chi connectivity index (χ1n) is 15.9. The number of rotatable bonds is 20. The first-order valence-corrected chi connectivity index (χ1v) is 15.9. The van der Waals surface area contributed by atoms with Gasteiger partial charge in [-0.25, -0.2) is 0 Å². The SMILES string of the molecule is CC(=O)C(C(C)=O)(C(C)=O)C(=O)C(=O)[O-].CC(=O)C(C(C)=O)(C(C)=O)C(=O)C(=O)[O-].CC(=O)C(C(C)=O)(C(C)=O)C(=O)C(=O)[O-].CC(=O)C(C(C)=O)(C(C)=O)C(=O)C(=O)[O-].[Ru+4]. The van der Waals surface area contributed by atoms with E-state index in [1.54, 1.807) is 0 Å². The number of ketones is 16. The van der Waals surface area contributed by atoms with Gasteiger partial charge in [0, 0.05) is 0 Å². The number of aliphatic carboxylic acids is 4. The third-order valence-electron chi connectivity index (χ3n) is 8.44. The molecule has 332 valence electrons. The molecule has 0 radical (unpaired) electrons. The summed E-state index contributed by atoms with van der Waals surface area (Å²) in [7, 11) is 0. The predicted octanol–water partition coefficient (Wildman–Crippen LogP) is -7.77. The van der Waals surface area contributed by atoms with Crippen LogP contribution in [0.25, 0.3) is 0 Å². The van der Waals surface area contributed by atoms with Crippen molar-refractivity contribution in [2.24, 2.45) is 21.7 Å². The Morgan fingerprint density at radius 3 is 0.295 bits per heavy atom. The molecule has 0 amide bonds. The van der Waals surface area contributed by atoms with Crippen molar-refractivity contribution < 1.29 is 136 Å². The Hall–Kier alpha value is -6.78. The van der Waals surface area contributed by atoms with Crippen molar-refractivity contribution in [1.82, 2.24) is 0 Å². The van der Waals surface area contributed by atoms with Crippen molar-refractivity contribution in [1.29, 1.82) is 0 Å². The van der Waals surface area contributed by atoms with E-state index in [-0.39, 0.29) is 19.5 Å². The van der Waals surface area contributed by atoms with Gasteiger partial charge in [0.2, 0.25) is 44.8 Å². The zero-order valence-electron chi connectivity index (χ0n) is 34.2. The Kier molecular flexibility index (Phi) is 25.3. The molecule has 0 aromatic heterocycles. The molecule has 25 heteroatoms. The molecule has 0 aromatic carbocycles. The molecule has 0 aliphatic heterocycles. The number of carboxylic acid groups (broad SMARTS) is 4. The van der Waals surface area contributed by atoms with Crippen LogP contribution in [0.15, 0.2) is 0 Å². The van der Waals surface area contributed by atoms with Crippen molar-refractivity contribution >= 4 is 116 Å². The second kappa shape index (κ2) is 24.3. The molecular formula is C36H36O24Ru. The van der Waals surface area contributed by atoms with Crippen LogP contribution in [0.1, 0.15) is 83.1 Å². The van der Waals surface area contributed by atoms with Gasteiger partial charge in [-0.2, -0.15) is 0 Å². The van der Waals surface area contributed by atoms with Crippen LogP contribution in [-0.4, -0.2) is 116 Å². The number of hydrogen-bond acceptors (Lipinski definition) is 24. The minimum absolute atomic E-state index is 0. The Bertz CT molecular complexity index is 1610. The van der Waals surface area contributed by atoms with Gasteiger partial charge < -0.3 is 39.6 Å². The summed E-state index contributed by atoms with van der Waals surface area (Å²) < 4.78 is 0. The van der Waals surface area contributed by atoms with E-state index in [0.717, 1.165) is 83.1 Å². The molecule has 0 N–H and O–H groups in total. The zero-order valence-corrected chi connectivity index (χ0v) is 35.9. The number of hydrogen-bond donors (Lipinski definition) is 0. The molecule has 61 heavy (non-hydrogen) atoms. The average molecular weight is 954 g/mol. The van der Waals surface area contributed by atoms with E-state index in [4.69, 9.17) is 0 Å². The van der Waals surface area contributed by atoms with Crippen LogP contribution in [0.2, 0.25) is 0 Å². The van der Waals surface area contributed by atoms with E-state index in [9.17, 15) is 116 Å². The number of Topliss-reactive ketones (excluding diaryl/α,β-unsaturated/α-hetero) is 16.